The Morgan fingerprint density at radius 1 is 1.56 bits per heavy atom. The molecule has 18 heavy (non-hydrogen) atoms. The summed E-state index contributed by atoms with van der Waals surface area (Å²) >= 11 is 1.48. The molecule has 0 radical (unpaired) electrons. The molecule has 0 saturated heterocycles. The number of anilines is 1. The fourth-order valence-electron chi connectivity index (χ4n) is 2.33. The summed E-state index contributed by atoms with van der Waals surface area (Å²) in [6.07, 6.45) is 5.06. The molecular weight excluding hydrogens is 248 g/mol. The van der Waals surface area contributed by atoms with Crippen molar-refractivity contribution < 1.29 is 9.53 Å². The van der Waals surface area contributed by atoms with E-state index >= 15 is 0 Å². The molecule has 4 nitrogen and oxygen atoms in total. The van der Waals surface area contributed by atoms with E-state index in [4.69, 9.17) is 4.74 Å². The number of esters is 1. The predicted molar refractivity (Wildman–Crippen MR) is 73.1 cm³/mol. The van der Waals surface area contributed by atoms with Gasteiger partial charge in [-0.25, -0.2) is 9.78 Å². The zero-order chi connectivity index (χ0) is 13.0. The van der Waals surface area contributed by atoms with Crippen LogP contribution in [0.25, 0.3) is 0 Å². The van der Waals surface area contributed by atoms with Crippen molar-refractivity contribution in [2.75, 3.05) is 11.9 Å². The van der Waals surface area contributed by atoms with E-state index in [9.17, 15) is 4.79 Å². The van der Waals surface area contributed by atoms with Crippen molar-refractivity contribution in [1.29, 1.82) is 0 Å². The predicted octanol–water partition coefficient (Wildman–Crippen LogP) is 3.31. The fraction of sp³-hybridized carbons (Fsp3) is 0.692. The molecule has 100 valence electrons. The topological polar surface area (TPSA) is 51.2 Å². The van der Waals surface area contributed by atoms with Crippen LogP contribution in [-0.2, 0) is 4.74 Å². The van der Waals surface area contributed by atoms with Crippen LogP contribution in [0.4, 0.5) is 5.13 Å². The summed E-state index contributed by atoms with van der Waals surface area (Å²) in [5.41, 5.74) is 0.410. The normalized spacial score (nSPS) is 23.7. The van der Waals surface area contributed by atoms with Crippen LogP contribution in [0.3, 0.4) is 0 Å². The van der Waals surface area contributed by atoms with Crippen LogP contribution < -0.4 is 5.32 Å². The zero-order valence-corrected chi connectivity index (χ0v) is 11.8. The first-order valence-corrected chi connectivity index (χ1v) is 7.48. The third kappa shape index (κ3) is 3.22. The van der Waals surface area contributed by atoms with Gasteiger partial charge in [0.15, 0.2) is 10.8 Å². The quantitative estimate of drug-likeness (QED) is 0.851. The molecule has 1 saturated carbocycles. The third-order valence-corrected chi connectivity index (χ3v) is 4.18. The highest BCUT2D eigenvalue weighted by Crippen LogP contribution is 2.28. The second-order valence-corrected chi connectivity index (χ2v) is 5.63. The van der Waals surface area contributed by atoms with Crippen LogP contribution in [0.2, 0.25) is 0 Å². The van der Waals surface area contributed by atoms with Gasteiger partial charge in [0.1, 0.15) is 0 Å². The number of rotatable bonds is 4. The van der Waals surface area contributed by atoms with Crippen molar-refractivity contribution in [3.63, 3.8) is 0 Å². The second kappa shape index (κ2) is 6.18. The van der Waals surface area contributed by atoms with Gasteiger partial charge in [-0.1, -0.05) is 19.8 Å². The molecule has 0 aliphatic heterocycles. The summed E-state index contributed by atoms with van der Waals surface area (Å²) in [6, 6.07) is 0.486. The molecule has 1 fully saturated rings. The molecule has 5 heteroatoms. The molecule has 1 N–H and O–H groups in total. The minimum atomic E-state index is -0.335. The lowest BCUT2D eigenvalue weighted by molar-refractivity contribution is 0.0520. The molecule has 0 amide bonds. The summed E-state index contributed by atoms with van der Waals surface area (Å²) in [5, 5.41) is 6.04. The Morgan fingerprint density at radius 3 is 3.06 bits per heavy atom. The van der Waals surface area contributed by atoms with E-state index in [2.05, 4.69) is 17.2 Å². The van der Waals surface area contributed by atoms with E-state index in [1.54, 1.807) is 12.3 Å². The van der Waals surface area contributed by atoms with Gasteiger partial charge in [-0.05, 0) is 25.7 Å². The summed E-state index contributed by atoms with van der Waals surface area (Å²) in [7, 11) is 0. The Balaban J connectivity index is 1.95. The molecule has 1 aromatic heterocycles. The first kappa shape index (κ1) is 13.3. The Hall–Kier alpha value is -1.10. The van der Waals surface area contributed by atoms with Gasteiger partial charge in [0.2, 0.25) is 0 Å². The monoisotopic (exact) mass is 268 g/mol. The number of nitrogens with one attached hydrogen (secondary N) is 1. The van der Waals surface area contributed by atoms with Crippen molar-refractivity contribution in [2.45, 2.75) is 45.6 Å². The lowest BCUT2D eigenvalue weighted by Gasteiger charge is -2.29. The summed E-state index contributed by atoms with van der Waals surface area (Å²) in [4.78, 5) is 15.8. The number of carbonyl (C=O) groups excluding carboxylic acids is 1. The Labute approximate surface area is 112 Å². The smallest absolute Gasteiger partial charge is 0.357 e. The van der Waals surface area contributed by atoms with Gasteiger partial charge in [-0.3, -0.25) is 0 Å². The fourth-order valence-corrected chi connectivity index (χ4v) is 3.07. The maximum absolute atomic E-state index is 11.5. The minimum Gasteiger partial charge on any atom is -0.461 e. The molecule has 1 aromatic rings. The van der Waals surface area contributed by atoms with Crippen molar-refractivity contribution in [3.8, 4) is 0 Å². The summed E-state index contributed by atoms with van der Waals surface area (Å²) in [6.45, 7) is 4.46. The first-order valence-electron chi connectivity index (χ1n) is 6.60. The van der Waals surface area contributed by atoms with Crippen molar-refractivity contribution in [3.05, 3.63) is 11.1 Å². The van der Waals surface area contributed by atoms with Crippen LogP contribution in [0.1, 0.15) is 50.0 Å². The first-order chi connectivity index (χ1) is 8.70. The average Bonchev–Trinajstić information content (AvgIpc) is 2.81. The standard InChI is InChI=1S/C13H20N2O2S/c1-3-17-12(16)11-8-18-13(15-11)14-10-7-5-4-6-9(10)2/h8-10H,3-7H2,1-2H3,(H,14,15). The molecule has 2 rings (SSSR count). The molecule has 2 unspecified atom stereocenters. The zero-order valence-electron chi connectivity index (χ0n) is 10.9. The molecule has 1 heterocycles. The lowest BCUT2D eigenvalue weighted by atomic mass is 9.86. The summed E-state index contributed by atoms with van der Waals surface area (Å²) in [5.74, 6) is 0.340. The Kier molecular flexibility index (Phi) is 4.58. The molecule has 0 aromatic carbocycles. The highest BCUT2D eigenvalue weighted by Gasteiger charge is 2.22. The molecule has 0 bridgehead atoms. The molecule has 2 atom stereocenters. The van der Waals surface area contributed by atoms with Crippen molar-refractivity contribution >= 4 is 22.4 Å². The Bertz CT molecular complexity index is 405. The van der Waals surface area contributed by atoms with Gasteiger partial charge < -0.3 is 10.1 Å². The maximum atomic E-state index is 11.5. The van der Waals surface area contributed by atoms with Crippen LogP contribution in [0.15, 0.2) is 5.38 Å². The molecular formula is C13H20N2O2S. The van der Waals surface area contributed by atoms with E-state index in [1.165, 1.54) is 37.0 Å². The van der Waals surface area contributed by atoms with Gasteiger partial charge >= 0.3 is 5.97 Å². The number of carbonyl (C=O) groups is 1. The van der Waals surface area contributed by atoms with Crippen LogP contribution in [0, 0.1) is 5.92 Å². The number of ether oxygens (including phenoxy) is 1. The van der Waals surface area contributed by atoms with Crippen LogP contribution >= 0.6 is 11.3 Å². The number of thiazole rings is 1. The number of aromatic nitrogens is 1. The highest BCUT2D eigenvalue weighted by molar-refractivity contribution is 7.13. The van der Waals surface area contributed by atoms with E-state index in [0.717, 1.165) is 5.13 Å². The lowest BCUT2D eigenvalue weighted by Crippen LogP contribution is -2.30. The average molecular weight is 268 g/mol. The second-order valence-electron chi connectivity index (χ2n) is 4.77. The van der Waals surface area contributed by atoms with E-state index in [1.807, 2.05) is 0 Å². The number of hydrogen-bond donors (Lipinski definition) is 1. The van der Waals surface area contributed by atoms with E-state index in [0.29, 0.717) is 24.3 Å². The van der Waals surface area contributed by atoms with Crippen LogP contribution in [0.5, 0.6) is 0 Å². The number of hydrogen-bond acceptors (Lipinski definition) is 5. The third-order valence-electron chi connectivity index (χ3n) is 3.41. The molecule has 1 aliphatic rings. The van der Waals surface area contributed by atoms with Gasteiger partial charge in [-0.15, -0.1) is 11.3 Å². The number of nitrogens with zero attached hydrogens (tertiary/aromatic N) is 1. The molecule has 1 aliphatic carbocycles. The minimum absolute atomic E-state index is 0.335. The van der Waals surface area contributed by atoms with Gasteiger partial charge in [0.05, 0.1) is 6.61 Å². The van der Waals surface area contributed by atoms with E-state index in [-0.39, 0.29) is 5.97 Å². The SMILES string of the molecule is CCOC(=O)c1csc(NC2CCCCC2C)n1. The van der Waals surface area contributed by atoms with Gasteiger partial charge in [0.25, 0.3) is 0 Å². The van der Waals surface area contributed by atoms with Crippen molar-refractivity contribution in [2.24, 2.45) is 5.92 Å². The van der Waals surface area contributed by atoms with Gasteiger partial charge in [-0.2, -0.15) is 0 Å². The molecule has 0 spiro atoms. The van der Waals surface area contributed by atoms with Crippen LogP contribution in [-0.4, -0.2) is 23.6 Å². The Morgan fingerprint density at radius 2 is 2.33 bits per heavy atom. The largest absolute Gasteiger partial charge is 0.461 e. The van der Waals surface area contributed by atoms with E-state index < -0.39 is 0 Å². The van der Waals surface area contributed by atoms with Gasteiger partial charge in [0, 0.05) is 11.4 Å². The van der Waals surface area contributed by atoms with Crippen molar-refractivity contribution in [1.82, 2.24) is 4.98 Å². The highest BCUT2D eigenvalue weighted by atomic mass is 32.1. The summed E-state index contributed by atoms with van der Waals surface area (Å²) < 4.78 is 4.93. The maximum Gasteiger partial charge on any atom is 0.357 e.